The third-order valence-electron chi connectivity index (χ3n) is 2.83. The van der Waals surface area contributed by atoms with Gasteiger partial charge in [-0.1, -0.05) is 6.07 Å². The molecule has 0 saturated carbocycles. The number of ether oxygens (including phenoxy) is 2. The fourth-order valence-corrected chi connectivity index (χ4v) is 1.79. The zero-order chi connectivity index (χ0) is 14.5. The molecule has 0 aliphatic rings. The molecule has 0 radical (unpaired) electrons. The minimum absolute atomic E-state index is 0.453. The largest absolute Gasteiger partial charge is 0.490 e. The van der Waals surface area contributed by atoms with Gasteiger partial charge in [0.05, 0.1) is 18.6 Å². The standard InChI is InChI=1S/C15H22O4/c1-5-18-12-8-7-11(9-13(12)19-6-2)10-15(3,4)14(16)17/h7-9H,5-6,10H2,1-4H3,(H,16,17). The van der Waals surface area contributed by atoms with E-state index >= 15 is 0 Å². The molecular formula is C15H22O4. The summed E-state index contributed by atoms with van der Waals surface area (Å²) in [5.41, 5.74) is 0.135. The molecule has 0 aliphatic carbocycles. The van der Waals surface area contributed by atoms with Crippen molar-refractivity contribution in [1.82, 2.24) is 0 Å². The summed E-state index contributed by atoms with van der Waals surface area (Å²) in [4.78, 5) is 11.1. The van der Waals surface area contributed by atoms with Gasteiger partial charge >= 0.3 is 5.97 Å². The Kier molecular flexibility index (Phi) is 5.21. The number of hydrogen-bond acceptors (Lipinski definition) is 3. The van der Waals surface area contributed by atoms with Gasteiger partial charge < -0.3 is 14.6 Å². The van der Waals surface area contributed by atoms with Crippen molar-refractivity contribution in [1.29, 1.82) is 0 Å². The minimum atomic E-state index is -0.806. The molecule has 0 fully saturated rings. The van der Waals surface area contributed by atoms with Crippen LogP contribution in [0.5, 0.6) is 11.5 Å². The molecule has 0 bridgehead atoms. The Bertz CT molecular complexity index is 438. The van der Waals surface area contributed by atoms with E-state index in [9.17, 15) is 4.79 Å². The van der Waals surface area contributed by atoms with Crippen LogP contribution in [0.1, 0.15) is 33.3 Å². The third-order valence-corrected chi connectivity index (χ3v) is 2.83. The van der Waals surface area contributed by atoms with E-state index in [0.717, 1.165) is 5.56 Å². The van der Waals surface area contributed by atoms with E-state index in [1.807, 2.05) is 32.0 Å². The predicted molar refractivity (Wildman–Crippen MR) is 73.9 cm³/mol. The first kappa shape index (κ1) is 15.3. The second kappa shape index (κ2) is 6.45. The van der Waals surface area contributed by atoms with Crippen LogP contribution in [0, 0.1) is 5.41 Å². The smallest absolute Gasteiger partial charge is 0.309 e. The van der Waals surface area contributed by atoms with Gasteiger partial charge in [-0.3, -0.25) is 4.79 Å². The van der Waals surface area contributed by atoms with Crippen molar-refractivity contribution in [3.8, 4) is 11.5 Å². The van der Waals surface area contributed by atoms with Crippen molar-refractivity contribution in [3.63, 3.8) is 0 Å². The first-order valence-electron chi connectivity index (χ1n) is 6.52. The van der Waals surface area contributed by atoms with E-state index in [0.29, 0.717) is 31.1 Å². The van der Waals surface area contributed by atoms with E-state index in [-0.39, 0.29) is 0 Å². The molecule has 0 saturated heterocycles. The lowest BCUT2D eigenvalue weighted by Gasteiger charge is -2.20. The molecule has 106 valence electrons. The molecular weight excluding hydrogens is 244 g/mol. The van der Waals surface area contributed by atoms with Gasteiger partial charge in [0.25, 0.3) is 0 Å². The molecule has 0 unspecified atom stereocenters. The highest BCUT2D eigenvalue weighted by Crippen LogP contribution is 2.31. The topological polar surface area (TPSA) is 55.8 Å². The fraction of sp³-hybridized carbons (Fsp3) is 0.533. The lowest BCUT2D eigenvalue weighted by molar-refractivity contribution is -0.146. The van der Waals surface area contributed by atoms with Crippen molar-refractivity contribution < 1.29 is 19.4 Å². The van der Waals surface area contributed by atoms with E-state index < -0.39 is 11.4 Å². The summed E-state index contributed by atoms with van der Waals surface area (Å²) >= 11 is 0. The molecule has 0 aliphatic heterocycles. The van der Waals surface area contributed by atoms with Crippen LogP contribution in [0.4, 0.5) is 0 Å². The summed E-state index contributed by atoms with van der Waals surface area (Å²) in [6.45, 7) is 8.37. The Morgan fingerprint density at radius 3 is 2.26 bits per heavy atom. The maximum atomic E-state index is 11.1. The summed E-state index contributed by atoms with van der Waals surface area (Å²) < 4.78 is 11.0. The fourth-order valence-electron chi connectivity index (χ4n) is 1.79. The highest BCUT2D eigenvalue weighted by molar-refractivity contribution is 5.74. The summed E-state index contributed by atoms with van der Waals surface area (Å²) in [7, 11) is 0. The van der Waals surface area contributed by atoms with Crippen molar-refractivity contribution >= 4 is 5.97 Å². The quantitative estimate of drug-likeness (QED) is 0.823. The monoisotopic (exact) mass is 266 g/mol. The van der Waals surface area contributed by atoms with Crippen molar-refractivity contribution in [2.75, 3.05) is 13.2 Å². The van der Waals surface area contributed by atoms with Gasteiger partial charge in [0, 0.05) is 0 Å². The molecule has 1 rings (SSSR count). The molecule has 4 nitrogen and oxygen atoms in total. The van der Waals surface area contributed by atoms with Gasteiger partial charge in [0.15, 0.2) is 11.5 Å². The van der Waals surface area contributed by atoms with Gasteiger partial charge in [0.1, 0.15) is 0 Å². The first-order chi connectivity index (χ1) is 8.90. The third kappa shape index (κ3) is 4.16. The zero-order valence-electron chi connectivity index (χ0n) is 12.0. The Morgan fingerprint density at radius 2 is 1.74 bits per heavy atom. The molecule has 4 heteroatoms. The lowest BCUT2D eigenvalue weighted by Crippen LogP contribution is -2.26. The molecule has 1 aromatic carbocycles. The molecule has 1 aromatic rings. The lowest BCUT2D eigenvalue weighted by atomic mass is 9.86. The Hall–Kier alpha value is -1.71. The summed E-state index contributed by atoms with van der Waals surface area (Å²) in [5, 5.41) is 9.16. The van der Waals surface area contributed by atoms with Gasteiger partial charge in [0.2, 0.25) is 0 Å². The van der Waals surface area contributed by atoms with Crippen LogP contribution in [0.2, 0.25) is 0 Å². The maximum Gasteiger partial charge on any atom is 0.309 e. The molecule has 0 aromatic heterocycles. The van der Waals surface area contributed by atoms with Crippen molar-refractivity contribution in [2.45, 2.75) is 34.1 Å². The van der Waals surface area contributed by atoms with E-state index in [2.05, 4.69) is 0 Å². The summed E-state index contributed by atoms with van der Waals surface area (Å²) in [6, 6.07) is 5.58. The molecule has 1 N–H and O–H groups in total. The molecule has 0 atom stereocenters. The van der Waals surface area contributed by atoms with E-state index in [1.165, 1.54) is 0 Å². The normalized spacial score (nSPS) is 11.2. The van der Waals surface area contributed by atoms with Crippen LogP contribution in [0.15, 0.2) is 18.2 Å². The van der Waals surface area contributed by atoms with Gasteiger partial charge in [-0.2, -0.15) is 0 Å². The SMILES string of the molecule is CCOc1ccc(CC(C)(C)C(=O)O)cc1OCC. The van der Waals surface area contributed by atoms with Crippen LogP contribution in [0.25, 0.3) is 0 Å². The Labute approximate surface area is 114 Å². The molecule has 19 heavy (non-hydrogen) atoms. The van der Waals surface area contributed by atoms with Gasteiger partial charge in [-0.05, 0) is 51.8 Å². The zero-order valence-corrected chi connectivity index (χ0v) is 12.0. The molecule has 0 heterocycles. The second-order valence-corrected chi connectivity index (χ2v) is 5.01. The summed E-state index contributed by atoms with van der Waals surface area (Å²) in [5.74, 6) is 0.559. The van der Waals surface area contributed by atoms with Crippen LogP contribution in [0.3, 0.4) is 0 Å². The number of hydrogen-bond donors (Lipinski definition) is 1. The second-order valence-electron chi connectivity index (χ2n) is 5.01. The van der Waals surface area contributed by atoms with Gasteiger partial charge in [-0.15, -0.1) is 0 Å². The van der Waals surface area contributed by atoms with Crippen molar-refractivity contribution in [2.24, 2.45) is 5.41 Å². The number of carboxylic acid groups (broad SMARTS) is 1. The van der Waals surface area contributed by atoms with Crippen LogP contribution in [-0.4, -0.2) is 24.3 Å². The first-order valence-corrected chi connectivity index (χ1v) is 6.52. The number of benzene rings is 1. The Morgan fingerprint density at radius 1 is 1.16 bits per heavy atom. The molecule has 0 amide bonds. The number of rotatable bonds is 7. The minimum Gasteiger partial charge on any atom is -0.490 e. The number of carbonyl (C=O) groups is 1. The number of aliphatic carboxylic acids is 1. The Balaban J connectivity index is 2.98. The van der Waals surface area contributed by atoms with Crippen LogP contribution in [-0.2, 0) is 11.2 Å². The average molecular weight is 266 g/mol. The van der Waals surface area contributed by atoms with E-state index in [1.54, 1.807) is 13.8 Å². The highest BCUT2D eigenvalue weighted by atomic mass is 16.5. The molecule has 0 spiro atoms. The average Bonchev–Trinajstić information content (AvgIpc) is 2.32. The van der Waals surface area contributed by atoms with Crippen LogP contribution < -0.4 is 9.47 Å². The predicted octanol–water partition coefficient (Wildman–Crippen LogP) is 3.14. The van der Waals surface area contributed by atoms with Crippen LogP contribution >= 0.6 is 0 Å². The maximum absolute atomic E-state index is 11.1. The highest BCUT2D eigenvalue weighted by Gasteiger charge is 2.27. The van der Waals surface area contributed by atoms with Crippen molar-refractivity contribution in [3.05, 3.63) is 23.8 Å². The number of carboxylic acids is 1. The van der Waals surface area contributed by atoms with E-state index in [4.69, 9.17) is 14.6 Å². The van der Waals surface area contributed by atoms with Gasteiger partial charge in [-0.25, -0.2) is 0 Å². The summed E-state index contributed by atoms with van der Waals surface area (Å²) in [6.07, 6.45) is 0.453.